The van der Waals surface area contributed by atoms with Crippen LogP contribution in [0.4, 0.5) is 0 Å². The highest BCUT2D eigenvalue weighted by Gasteiger charge is 2.13. The van der Waals surface area contributed by atoms with E-state index in [4.69, 9.17) is 21.3 Å². The third-order valence-corrected chi connectivity index (χ3v) is 5.47. The Morgan fingerprint density at radius 2 is 1.90 bits per heavy atom. The van der Waals surface area contributed by atoms with E-state index < -0.39 is 5.97 Å². The number of ether oxygens (including phenoxy) is 1. The number of esters is 1. The molecule has 0 fully saturated rings. The molecule has 31 heavy (non-hydrogen) atoms. The number of nitrogens with zero attached hydrogens (tertiary/aromatic N) is 4. The van der Waals surface area contributed by atoms with Crippen LogP contribution < -0.4 is 0 Å². The van der Waals surface area contributed by atoms with Gasteiger partial charge < -0.3 is 9.30 Å². The normalized spacial score (nSPS) is 11.2. The second kappa shape index (κ2) is 7.81. The fourth-order valence-electron chi connectivity index (χ4n) is 3.59. The van der Waals surface area contributed by atoms with Crippen LogP contribution in [0, 0.1) is 0 Å². The first kappa shape index (κ1) is 19.2. The van der Waals surface area contributed by atoms with Crippen molar-refractivity contribution in [2.24, 2.45) is 0 Å². The molecule has 5 rings (SSSR count). The van der Waals surface area contributed by atoms with Crippen molar-refractivity contribution in [3.8, 4) is 11.3 Å². The lowest BCUT2D eigenvalue weighted by Gasteiger charge is -2.08. The van der Waals surface area contributed by atoms with Crippen molar-refractivity contribution >= 4 is 39.6 Å². The Hall–Kier alpha value is -3.77. The number of halogens is 1. The number of benzene rings is 2. The van der Waals surface area contributed by atoms with Crippen LogP contribution in [0.15, 0.2) is 73.2 Å². The summed E-state index contributed by atoms with van der Waals surface area (Å²) in [5.41, 5.74) is 5.57. The number of pyridine rings is 2. The maximum absolute atomic E-state index is 11.8. The van der Waals surface area contributed by atoms with Gasteiger partial charge in [-0.3, -0.25) is 4.98 Å². The van der Waals surface area contributed by atoms with Gasteiger partial charge in [0.15, 0.2) is 5.65 Å². The van der Waals surface area contributed by atoms with Crippen LogP contribution in [0.2, 0.25) is 5.02 Å². The monoisotopic (exact) mass is 428 g/mol. The molecular formula is C24H17ClN4O2. The zero-order valence-electron chi connectivity index (χ0n) is 16.6. The molecule has 6 nitrogen and oxygen atoms in total. The molecule has 0 aliphatic rings. The summed E-state index contributed by atoms with van der Waals surface area (Å²) in [6.45, 7) is 0.639. The van der Waals surface area contributed by atoms with Gasteiger partial charge in [0, 0.05) is 17.1 Å². The van der Waals surface area contributed by atoms with E-state index in [0.29, 0.717) is 17.1 Å². The molecule has 3 heterocycles. The number of aromatic nitrogens is 4. The first-order valence-electron chi connectivity index (χ1n) is 9.66. The molecular weight excluding hydrogens is 412 g/mol. The topological polar surface area (TPSA) is 69.9 Å². The van der Waals surface area contributed by atoms with Crippen molar-refractivity contribution in [3.05, 3.63) is 89.3 Å². The lowest BCUT2D eigenvalue weighted by Crippen LogP contribution is -2.02. The lowest BCUT2D eigenvalue weighted by atomic mass is 10.1. The molecule has 0 aliphatic carbocycles. The number of hydrogen-bond acceptors (Lipinski definition) is 5. The van der Waals surface area contributed by atoms with Crippen molar-refractivity contribution in [1.29, 1.82) is 0 Å². The highest BCUT2D eigenvalue weighted by molar-refractivity contribution is 6.33. The lowest BCUT2D eigenvalue weighted by molar-refractivity contribution is 0.0601. The molecule has 3 aromatic heterocycles. The van der Waals surface area contributed by atoms with Crippen LogP contribution in [0.3, 0.4) is 0 Å². The summed E-state index contributed by atoms with van der Waals surface area (Å²) >= 11 is 6.29. The third-order valence-electron chi connectivity index (χ3n) is 5.15. The van der Waals surface area contributed by atoms with Gasteiger partial charge in [0.05, 0.1) is 41.8 Å². The molecule has 152 valence electrons. The number of carbonyl (C=O) groups excluding carboxylic acids is 1. The summed E-state index contributed by atoms with van der Waals surface area (Å²) in [5, 5.41) is 1.42. The van der Waals surface area contributed by atoms with E-state index in [1.165, 1.54) is 7.11 Å². The Labute approximate surface area is 183 Å². The average Bonchev–Trinajstić information content (AvgIpc) is 3.20. The summed E-state index contributed by atoms with van der Waals surface area (Å²) in [7, 11) is 1.33. The van der Waals surface area contributed by atoms with Gasteiger partial charge in [-0.05, 0) is 48.0 Å². The van der Waals surface area contributed by atoms with Gasteiger partial charge in [0.2, 0.25) is 0 Å². The van der Waals surface area contributed by atoms with Gasteiger partial charge >= 0.3 is 5.97 Å². The number of hydrogen-bond donors (Lipinski definition) is 0. The van der Waals surface area contributed by atoms with Crippen molar-refractivity contribution in [2.75, 3.05) is 7.11 Å². The van der Waals surface area contributed by atoms with E-state index in [-0.39, 0.29) is 0 Å². The van der Waals surface area contributed by atoms with E-state index >= 15 is 0 Å². The van der Waals surface area contributed by atoms with Crippen LogP contribution in [-0.4, -0.2) is 32.6 Å². The van der Waals surface area contributed by atoms with E-state index in [1.54, 1.807) is 24.7 Å². The van der Waals surface area contributed by atoms with Crippen molar-refractivity contribution in [1.82, 2.24) is 19.5 Å². The number of carbonyl (C=O) groups is 1. The molecule has 2 aromatic carbocycles. The van der Waals surface area contributed by atoms with Crippen molar-refractivity contribution < 1.29 is 9.53 Å². The fourth-order valence-corrected chi connectivity index (χ4v) is 3.84. The summed E-state index contributed by atoms with van der Waals surface area (Å²) in [6, 6.07) is 19.2. The Balaban J connectivity index is 1.51. The molecule has 0 saturated carbocycles. The van der Waals surface area contributed by atoms with Gasteiger partial charge in [0.1, 0.15) is 5.52 Å². The molecule has 0 radical (unpaired) electrons. The number of methoxy groups -OCH3 is 1. The van der Waals surface area contributed by atoms with Gasteiger partial charge in [-0.25, -0.2) is 14.8 Å². The van der Waals surface area contributed by atoms with E-state index in [2.05, 4.69) is 28.2 Å². The first-order chi connectivity index (χ1) is 15.1. The van der Waals surface area contributed by atoms with Crippen LogP contribution in [0.5, 0.6) is 0 Å². The Morgan fingerprint density at radius 1 is 1.03 bits per heavy atom. The smallest absolute Gasteiger partial charge is 0.339 e. The highest BCUT2D eigenvalue weighted by Crippen LogP contribution is 2.27. The molecule has 7 heteroatoms. The van der Waals surface area contributed by atoms with Crippen LogP contribution in [-0.2, 0) is 11.3 Å². The fraction of sp³-hybridized carbons (Fsp3) is 0.0833. The molecule has 0 bridgehead atoms. The minimum atomic E-state index is -0.469. The molecule has 0 aliphatic heterocycles. The van der Waals surface area contributed by atoms with Gasteiger partial charge in [-0.15, -0.1) is 0 Å². The summed E-state index contributed by atoms with van der Waals surface area (Å²) < 4.78 is 6.77. The second-order valence-corrected chi connectivity index (χ2v) is 7.54. The van der Waals surface area contributed by atoms with E-state index in [1.807, 2.05) is 34.9 Å². The molecule has 0 spiro atoms. The minimum Gasteiger partial charge on any atom is -0.465 e. The van der Waals surface area contributed by atoms with Crippen LogP contribution >= 0.6 is 11.6 Å². The summed E-state index contributed by atoms with van der Waals surface area (Å²) in [4.78, 5) is 25.4. The Morgan fingerprint density at radius 3 is 2.74 bits per heavy atom. The zero-order chi connectivity index (χ0) is 21.4. The maximum Gasteiger partial charge on any atom is 0.339 e. The van der Waals surface area contributed by atoms with Crippen LogP contribution in [0.25, 0.3) is 33.3 Å². The highest BCUT2D eigenvalue weighted by atomic mass is 35.5. The Bertz CT molecular complexity index is 1440. The summed E-state index contributed by atoms with van der Waals surface area (Å²) in [5.74, 6) is -0.469. The molecule has 0 N–H and O–H groups in total. The zero-order valence-corrected chi connectivity index (χ0v) is 17.4. The third kappa shape index (κ3) is 3.62. The largest absolute Gasteiger partial charge is 0.465 e. The standard InChI is InChI=1S/C24H17ClN4O2/c1-31-24(30)18-6-5-17(12-19(18)25)21-8-9-22-23(28-21)29(14-27-22)13-15-4-7-20-16(11-15)3-2-10-26-20/h2-12,14H,13H2,1H3. The van der Waals surface area contributed by atoms with Gasteiger partial charge in [-0.1, -0.05) is 29.8 Å². The average molecular weight is 429 g/mol. The molecule has 0 atom stereocenters. The van der Waals surface area contributed by atoms with E-state index in [9.17, 15) is 4.79 Å². The minimum absolute atomic E-state index is 0.324. The quantitative estimate of drug-likeness (QED) is 0.371. The molecule has 5 aromatic rings. The predicted molar refractivity (Wildman–Crippen MR) is 120 cm³/mol. The first-order valence-corrected chi connectivity index (χ1v) is 10.0. The molecule has 0 amide bonds. The van der Waals surface area contributed by atoms with Crippen LogP contribution in [0.1, 0.15) is 15.9 Å². The SMILES string of the molecule is COC(=O)c1ccc(-c2ccc3ncn(Cc4ccc5ncccc5c4)c3n2)cc1Cl. The Kier molecular flexibility index (Phi) is 4.84. The van der Waals surface area contributed by atoms with Crippen molar-refractivity contribution in [3.63, 3.8) is 0 Å². The predicted octanol–water partition coefficient (Wildman–Crippen LogP) is 5.13. The number of rotatable bonds is 4. The maximum atomic E-state index is 11.8. The van der Waals surface area contributed by atoms with Gasteiger partial charge in [-0.2, -0.15) is 0 Å². The summed E-state index contributed by atoms with van der Waals surface area (Å²) in [6.07, 6.45) is 3.59. The molecule has 0 unspecified atom stereocenters. The van der Waals surface area contributed by atoms with Crippen molar-refractivity contribution in [2.45, 2.75) is 6.54 Å². The number of fused-ring (bicyclic) bond motifs is 2. The molecule has 0 saturated heterocycles. The second-order valence-electron chi connectivity index (χ2n) is 7.13. The van der Waals surface area contributed by atoms with Gasteiger partial charge in [0.25, 0.3) is 0 Å². The van der Waals surface area contributed by atoms with E-state index in [0.717, 1.165) is 38.9 Å². The number of imidazole rings is 1.